The molecule has 11 nitrogen and oxygen atoms in total. The van der Waals surface area contributed by atoms with Gasteiger partial charge in [0.15, 0.2) is 5.65 Å². The molecule has 35 heavy (non-hydrogen) atoms. The van der Waals surface area contributed by atoms with Gasteiger partial charge in [0.25, 0.3) is 5.91 Å². The van der Waals surface area contributed by atoms with Crippen molar-refractivity contribution in [1.29, 1.82) is 0 Å². The van der Waals surface area contributed by atoms with Crippen molar-refractivity contribution in [2.24, 2.45) is 10.9 Å². The van der Waals surface area contributed by atoms with Gasteiger partial charge in [-0.05, 0) is 50.8 Å². The van der Waals surface area contributed by atoms with Crippen LogP contribution in [0.3, 0.4) is 0 Å². The highest BCUT2D eigenvalue weighted by Gasteiger charge is 2.32. The van der Waals surface area contributed by atoms with E-state index >= 15 is 0 Å². The first-order valence-electron chi connectivity index (χ1n) is 11.7. The third-order valence-corrected chi connectivity index (χ3v) is 7.69. The molecule has 0 saturated carbocycles. The number of nitrogens with zero attached hydrogens (tertiary/aromatic N) is 5. The summed E-state index contributed by atoms with van der Waals surface area (Å²) in [6.45, 7) is 4.07. The lowest BCUT2D eigenvalue weighted by molar-refractivity contribution is 0.0602. The van der Waals surface area contributed by atoms with Gasteiger partial charge in [-0.15, -0.1) is 0 Å². The molecule has 2 aliphatic heterocycles. The predicted molar refractivity (Wildman–Crippen MR) is 130 cm³/mol. The van der Waals surface area contributed by atoms with Crippen molar-refractivity contribution < 1.29 is 18.3 Å². The van der Waals surface area contributed by atoms with Crippen molar-refractivity contribution >= 4 is 27.4 Å². The molecule has 2 fully saturated rings. The van der Waals surface area contributed by atoms with Gasteiger partial charge in [-0.1, -0.05) is 0 Å². The fraction of sp³-hybridized carbons (Fsp3) is 0.435. The number of fused-ring (bicyclic) bond motifs is 1. The van der Waals surface area contributed by atoms with E-state index in [1.807, 2.05) is 19.2 Å². The summed E-state index contributed by atoms with van der Waals surface area (Å²) in [4.78, 5) is 21.9. The number of amides is 1. The second-order valence-corrected chi connectivity index (χ2v) is 10.9. The minimum Gasteiger partial charge on any atom is -0.507 e. The molecule has 5 N–H and O–H groups in total. The molecule has 2 aliphatic rings. The Bertz CT molecular complexity index is 1400. The van der Waals surface area contributed by atoms with Gasteiger partial charge < -0.3 is 20.6 Å². The second-order valence-electron chi connectivity index (χ2n) is 9.35. The number of hydrogen-bond acceptors (Lipinski definition) is 8. The van der Waals surface area contributed by atoms with Crippen LogP contribution in [0.1, 0.15) is 53.3 Å². The molecule has 12 heteroatoms. The molecular formula is C23H29N7O4S. The van der Waals surface area contributed by atoms with Crippen LogP contribution in [0.15, 0.2) is 35.4 Å². The van der Waals surface area contributed by atoms with E-state index in [0.717, 1.165) is 49.8 Å². The number of nitrogens with two attached hydrogens (primary N) is 2. The monoisotopic (exact) mass is 499 g/mol. The van der Waals surface area contributed by atoms with Gasteiger partial charge in [0.1, 0.15) is 11.6 Å². The smallest absolute Gasteiger partial charge is 0.258 e. The summed E-state index contributed by atoms with van der Waals surface area (Å²) >= 11 is 0. The molecule has 186 valence electrons. The number of hydrogen-bond donors (Lipinski definition) is 3. The van der Waals surface area contributed by atoms with Crippen LogP contribution >= 0.6 is 0 Å². The van der Waals surface area contributed by atoms with E-state index in [0.29, 0.717) is 24.3 Å². The SMILES string of the molecule is Cc1cn2nc([C@@H]3CCCCN3C(=O)c3cc(S(N)(=O)=O)ccc3O)cc2nc1N1CC[C@H](N)C1. The molecule has 1 amide bonds. The second kappa shape index (κ2) is 8.77. The molecule has 0 radical (unpaired) electrons. The number of sulfonamides is 1. The molecule has 0 unspecified atom stereocenters. The number of aromatic hydroxyl groups is 1. The van der Waals surface area contributed by atoms with Crippen LogP contribution < -0.4 is 15.8 Å². The Balaban J connectivity index is 1.49. The van der Waals surface area contributed by atoms with Gasteiger partial charge in [0.2, 0.25) is 10.0 Å². The first-order valence-corrected chi connectivity index (χ1v) is 13.2. The number of rotatable bonds is 4. The fourth-order valence-electron chi connectivity index (χ4n) is 4.98. The highest BCUT2D eigenvalue weighted by atomic mass is 32.2. The Kier molecular flexibility index (Phi) is 5.90. The van der Waals surface area contributed by atoms with E-state index in [4.69, 9.17) is 21.0 Å². The summed E-state index contributed by atoms with van der Waals surface area (Å²) in [7, 11) is -4.03. The largest absolute Gasteiger partial charge is 0.507 e. The summed E-state index contributed by atoms with van der Waals surface area (Å²) in [6.07, 6.45) is 5.26. The van der Waals surface area contributed by atoms with Crippen LogP contribution in [0.25, 0.3) is 5.65 Å². The van der Waals surface area contributed by atoms with Crippen LogP contribution in [0, 0.1) is 6.92 Å². The van der Waals surface area contributed by atoms with Crippen LogP contribution in [0.5, 0.6) is 5.75 Å². The summed E-state index contributed by atoms with van der Waals surface area (Å²) in [6, 6.07) is 5.17. The van der Waals surface area contributed by atoms with Crippen LogP contribution in [0.4, 0.5) is 5.82 Å². The van der Waals surface area contributed by atoms with E-state index in [9.17, 15) is 18.3 Å². The topological polar surface area (TPSA) is 160 Å². The number of primary sulfonamides is 1. The van der Waals surface area contributed by atoms with E-state index in [2.05, 4.69) is 4.90 Å². The van der Waals surface area contributed by atoms with E-state index in [1.54, 1.807) is 9.42 Å². The summed E-state index contributed by atoms with van der Waals surface area (Å²) < 4.78 is 25.3. The Morgan fingerprint density at radius 1 is 1.17 bits per heavy atom. The zero-order chi connectivity index (χ0) is 24.9. The number of anilines is 1. The van der Waals surface area contributed by atoms with Crippen molar-refractivity contribution in [3.05, 3.63) is 47.3 Å². The first kappa shape index (κ1) is 23.5. The van der Waals surface area contributed by atoms with Crippen molar-refractivity contribution in [2.75, 3.05) is 24.5 Å². The summed E-state index contributed by atoms with van der Waals surface area (Å²) in [5.41, 5.74) is 8.34. The molecule has 2 aromatic heterocycles. The highest BCUT2D eigenvalue weighted by molar-refractivity contribution is 7.89. The molecule has 0 spiro atoms. The lowest BCUT2D eigenvalue weighted by Gasteiger charge is -2.35. The van der Waals surface area contributed by atoms with Crippen molar-refractivity contribution in [3.63, 3.8) is 0 Å². The molecule has 2 atom stereocenters. The molecule has 0 bridgehead atoms. The van der Waals surface area contributed by atoms with Crippen molar-refractivity contribution in [2.45, 2.75) is 49.6 Å². The Morgan fingerprint density at radius 3 is 2.69 bits per heavy atom. The number of aromatic nitrogens is 3. The van der Waals surface area contributed by atoms with E-state index < -0.39 is 15.9 Å². The van der Waals surface area contributed by atoms with Crippen molar-refractivity contribution in [3.8, 4) is 5.75 Å². The molecule has 3 aromatic rings. The van der Waals surface area contributed by atoms with Gasteiger partial charge in [-0.25, -0.2) is 23.1 Å². The van der Waals surface area contributed by atoms with Crippen LogP contribution in [-0.2, 0) is 10.0 Å². The number of likely N-dealkylation sites (tertiary alicyclic amines) is 1. The Hall–Kier alpha value is -3.22. The highest BCUT2D eigenvalue weighted by Crippen LogP contribution is 2.34. The summed E-state index contributed by atoms with van der Waals surface area (Å²) in [5.74, 6) is 0.122. The van der Waals surface area contributed by atoms with Gasteiger partial charge in [0.05, 0.1) is 22.2 Å². The maximum atomic E-state index is 13.5. The quantitative estimate of drug-likeness (QED) is 0.484. The molecule has 4 heterocycles. The zero-order valence-electron chi connectivity index (χ0n) is 19.5. The number of phenols is 1. The minimum absolute atomic E-state index is 0.103. The Morgan fingerprint density at radius 2 is 1.97 bits per heavy atom. The van der Waals surface area contributed by atoms with Gasteiger partial charge in [0, 0.05) is 43.5 Å². The molecular weight excluding hydrogens is 470 g/mol. The number of aryl methyl sites for hydroxylation is 1. The Labute approximate surface area is 203 Å². The average molecular weight is 500 g/mol. The van der Waals surface area contributed by atoms with Gasteiger partial charge in [-0.2, -0.15) is 5.10 Å². The number of piperidine rings is 1. The molecule has 0 aliphatic carbocycles. The molecule has 1 aromatic carbocycles. The predicted octanol–water partition coefficient (Wildman–Crippen LogP) is 1.30. The fourth-order valence-corrected chi connectivity index (χ4v) is 5.52. The van der Waals surface area contributed by atoms with Crippen LogP contribution in [-0.4, -0.2) is 64.6 Å². The number of phenolic OH excluding ortho intramolecular Hbond substituents is 1. The minimum atomic E-state index is -4.03. The maximum Gasteiger partial charge on any atom is 0.258 e. The van der Waals surface area contributed by atoms with E-state index in [-0.39, 0.29) is 28.3 Å². The number of benzene rings is 1. The lowest BCUT2D eigenvalue weighted by Crippen LogP contribution is -2.38. The van der Waals surface area contributed by atoms with Gasteiger partial charge >= 0.3 is 0 Å². The van der Waals surface area contributed by atoms with Crippen molar-refractivity contribution in [1.82, 2.24) is 19.5 Å². The van der Waals surface area contributed by atoms with Crippen LogP contribution in [0.2, 0.25) is 0 Å². The summed E-state index contributed by atoms with van der Waals surface area (Å²) in [5, 5.41) is 20.3. The normalized spacial score (nSPS) is 21.1. The molecule has 2 saturated heterocycles. The standard InChI is InChI=1S/C23H29N7O4S/c1-14-12-30-21(26-22(14)28-9-7-15(24)13-28)11-18(27-30)19-4-2-3-8-29(19)23(32)17-10-16(35(25,33)34)5-6-20(17)31/h5-6,10-12,15,19,31H,2-4,7-9,13,24H2,1H3,(H2,25,33,34)/t15-,19-/m0/s1. The first-order chi connectivity index (χ1) is 16.6. The zero-order valence-corrected chi connectivity index (χ0v) is 20.3. The number of carbonyl (C=O) groups is 1. The van der Waals surface area contributed by atoms with E-state index in [1.165, 1.54) is 12.1 Å². The third-order valence-electron chi connectivity index (χ3n) is 6.78. The average Bonchev–Trinajstić information content (AvgIpc) is 3.43. The number of carbonyl (C=O) groups excluding carboxylic acids is 1. The molecule has 5 rings (SSSR count). The lowest BCUT2D eigenvalue weighted by atomic mass is 9.98. The van der Waals surface area contributed by atoms with Gasteiger partial charge in [-0.3, -0.25) is 4.79 Å². The third kappa shape index (κ3) is 4.44. The maximum absolute atomic E-state index is 13.5.